The Morgan fingerprint density at radius 2 is 1.75 bits per heavy atom. The van der Waals surface area contributed by atoms with Gasteiger partial charge in [-0.05, 0) is 0 Å². The molecule has 0 fully saturated rings. The Morgan fingerprint density at radius 3 is 2.38 bits per heavy atom. The number of aliphatic hydroxyl groups is 1. The minimum absolute atomic E-state index is 0.00420. The zero-order valence-corrected chi connectivity index (χ0v) is 11.9. The first-order chi connectivity index (χ1) is 7.81. The van der Waals surface area contributed by atoms with Gasteiger partial charge in [0.1, 0.15) is 0 Å². The molecule has 0 bridgehead atoms. The fourth-order valence-electron chi connectivity index (χ4n) is 1.28. The minimum atomic E-state index is -0.0535. The number of benzene rings is 1. The third-order valence-corrected chi connectivity index (χ3v) is 4.54. The van der Waals surface area contributed by atoms with Gasteiger partial charge >= 0.3 is 108 Å². The monoisotopic (exact) mass is 346 g/mol. The van der Waals surface area contributed by atoms with Crippen molar-refractivity contribution < 1.29 is 5.11 Å². The Morgan fingerprint density at radius 1 is 1.06 bits per heavy atom. The van der Waals surface area contributed by atoms with Gasteiger partial charge in [-0.25, -0.2) is 0 Å². The quantitative estimate of drug-likeness (QED) is 0.794. The summed E-state index contributed by atoms with van der Waals surface area (Å²) in [7, 11) is 0. The maximum atomic E-state index is 9.23. The van der Waals surface area contributed by atoms with E-state index in [2.05, 4.69) is 9.94 Å². The number of nitrogens with zero attached hydrogens (tertiary/aromatic N) is 2. The van der Waals surface area contributed by atoms with Crippen LogP contribution in [0, 0.1) is 20.5 Å². The van der Waals surface area contributed by atoms with Crippen LogP contribution in [0.4, 0.5) is 0 Å². The second-order valence-electron chi connectivity index (χ2n) is 3.02. The van der Waals surface area contributed by atoms with Crippen LogP contribution in [0.25, 0.3) is 0 Å². The van der Waals surface area contributed by atoms with Crippen molar-refractivity contribution in [1.29, 1.82) is 10.5 Å². The first kappa shape index (κ1) is 13.3. The van der Waals surface area contributed by atoms with Gasteiger partial charge in [-0.2, -0.15) is 0 Å². The Kier molecular flexibility index (Phi) is 6.19. The zero-order valence-electron chi connectivity index (χ0n) is 8.51. The summed E-state index contributed by atoms with van der Waals surface area (Å²) < 4.78 is 0. The molecule has 0 amide bonds. The fraction of sp³-hybridized carbons (Fsp3) is 0.273. The van der Waals surface area contributed by atoms with Gasteiger partial charge in [0.05, 0.1) is 0 Å². The molecule has 0 heterocycles. The predicted molar refractivity (Wildman–Crippen MR) is 62.5 cm³/mol. The van der Waals surface area contributed by atoms with Gasteiger partial charge in [0.15, 0.2) is 0 Å². The summed E-state index contributed by atoms with van der Waals surface area (Å²) in [5.74, 6) is 0. The molecule has 1 aromatic rings. The van der Waals surface area contributed by atoms with Gasteiger partial charge in [-0.15, -0.1) is 0 Å². The molecule has 1 rings (SSSR count). The number of aliphatic hydroxyl groups excluding tert-OH is 1. The Balaban J connectivity index is 2.81. The summed E-state index contributed by atoms with van der Waals surface area (Å²) in [6, 6.07) is 5.90. The Hall–Kier alpha value is -0.801. The van der Waals surface area contributed by atoms with Gasteiger partial charge in [-0.1, -0.05) is 0 Å². The summed E-state index contributed by atoms with van der Waals surface area (Å²) in [6.45, 7) is 0.00420. The van der Waals surface area contributed by atoms with E-state index in [-0.39, 0.29) is 36.5 Å². The third kappa shape index (κ3) is 3.99. The van der Waals surface area contributed by atoms with Crippen molar-refractivity contribution in [3.8, 4) is 9.94 Å². The summed E-state index contributed by atoms with van der Waals surface area (Å²) in [6.07, 6.45) is 0. The third-order valence-electron chi connectivity index (χ3n) is 2.04. The molecule has 0 atom stereocenters. The van der Waals surface area contributed by atoms with Crippen LogP contribution >= 0.6 is 0 Å². The van der Waals surface area contributed by atoms with Crippen LogP contribution in [0.1, 0.15) is 16.7 Å². The first-order valence-corrected chi connectivity index (χ1v) is 8.68. The molecule has 82 valence electrons. The molecule has 0 spiro atoms. The van der Waals surface area contributed by atoms with Crippen LogP contribution in [0.2, 0.25) is 0 Å². The molecular formula is C11H10N2OSe2. The van der Waals surface area contributed by atoms with Crippen molar-refractivity contribution in [3.63, 3.8) is 0 Å². The van der Waals surface area contributed by atoms with E-state index >= 15 is 0 Å². The second kappa shape index (κ2) is 7.47. The summed E-state index contributed by atoms with van der Waals surface area (Å²) in [5.41, 5.74) is 3.04. The summed E-state index contributed by atoms with van der Waals surface area (Å²) in [4.78, 5) is 4.32. The van der Waals surface area contributed by atoms with E-state index in [9.17, 15) is 5.11 Å². The van der Waals surface area contributed by atoms with E-state index in [1.807, 2.05) is 18.2 Å². The topological polar surface area (TPSA) is 67.8 Å². The molecule has 0 radical (unpaired) electrons. The Bertz CT molecular complexity index is 435. The van der Waals surface area contributed by atoms with E-state index in [1.54, 1.807) is 0 Å². The van der Waals surface area contributed by atoms with Crippen LogP contribution in [-0.4, -0.2) is 35.0 Å². The van der Waals surface area contributed by atoms with Crippen LogP contribution in [0.5, 0.6) is 0 Å². The van der Waals surface area contributed by atoms with Crippen LogP contribution < -0.4 is 0 Å². The summed E-state index contributed by atoms with van der Waals surface area (Å²) >= 11 is -0.0765. The summed E-state index contributed by atoms with van der Waals surface area (Å²) in [5, 5.41) is 27.8. The molecule has 0 aliphatic rings. The molecule has 0 aliphatic carbocycles. The van der Waals surface area contributed by atoms with E-state index in [1.165, 1.54) is 0 Å². The predicted octanol–water partition coefficient (Wildman–Crippen LogP) is 0.549. The molecule has 0 aliphatic heterocycles. The molecule has 5 heteroatoms. The van der Waals surface area contributed by atoms with Crippen LogP contribution in [0.15, 0.2) is 18.2 Å². The molecule has 1 N–H and O–H groups in total. The SMILES string of the molecule is N#C[Se]Cc1ccc(C[Se]C#N)c(CO)c1. The van der Waals surface area contributed by atoms with Gasteiger partial charge in [-0.3, -0.25) is 0 Å². The molecule has 0 aromatic heterocycles. The first-order valence-electron chi connectivity index (χ1n) is 4.55. The van der Waals surface area contributed by atoms with E-state index < -0.39 is 0 Å². The van der Waals surface area contributed by atoms with E-state index in [0.29, 0.717) is 0 Å². The standard InChI is InChI=1S/C11H10N2OSe2/c12-7-15-5-9-1-2-10(6-16-8-13)11(3-9)4-14/h1-3,14H,4-6H2. The number of hydrogen-bond donors (Lipinski definition) is 1. The normalized spacial score (nSPS) is 9.44. The van der Waals surface area contributed by atoms with Crippen LogP contribution in [0.3, 0.4) is 0 Å². The van der Waals surface area contributed by atoms with Crippen molar-refractivity contribution in [3.05, 3.63) is 34.9 Å². The fourth-order valence-corrected chi connectivity index (χ4v) is 3.20. The molecular weight excluding hydrogens is 334 g/mol. The number of hydrogen-bond acceptors (Lipinski definition) is 3. The molecule has 0 unspecified atom stereocenters. The molecule has 1 aromatic carbocycles. The van der Waals surface area contributed by atoms with Gasteiger partial charge in [0.2, 0.25) is 0 Å². The number of nitriles is 2. The van der Waals surface area contributed by atoms with Crippen molar-refractivity contribution in [2.24, 2.45) is 0 Å². The zero-order chi connectivity index (χ0) is 11.8. The second-order valence-corrected chi connectivity index (χ2v) is 6.21. The van der Waals surface area contributed by atoms with Gasteiger partial charge in [0, 0.05) is 0 Å². The van der Waals surface area contributed by atoms with Crippen molar-refractivity contribution in [2.45, 2.75) is 17.2 Å². The van der Waals surface area contributed by atoms with E-state index in [0.717, 1.165) is 27.3 Å². The van der Waals surface area contributed by atoms with Crippen LogP contribution in [-0.2, 0) is 17.2 Å². The van der Waals surface area contributed by atoms with Crippen molar-refractivity contribution in [1.82, 2.24) is 0 Å². The van der Waals surface area contributed by atoms with Gasteiger partial charge < -0.3 is 0 Å². The van der Waals surface area contributed by atoms with Gasteiger partial charge in [0.25, 0.3) is 0 Å². The maximum absolute atomic E-state index is 9.23. The van der Waals surface area contributed by atoms with Crippen molar-refractivity contribution in [2.75, 3.05) is 0 Å². The molecule has 0 saturated heterocycles. The van der Waals surface area contributed by atoms with E-state index in [4.69, 9.17) is 10.5 Å². The average Bonchev–Trinajstić information content (AvgIpc) is 2.34. The Labute approximate surface area is 107 Å². The average molecular weight is 344 g/mol. The van der Waals surface area contributed by atoms with Crippen molar-refractivity contribution >= 4 is 29.9 Å². The number of rotatable bonds is 5. The molecule has 0 saturated carbocycles. The molecule has 16 heavy (non-hydrogen) atoms. The molecule has 3 nitrogen and oxygen atoms in total.